The molecule has 2 saturated heterocycles. The van der Waals surface area contributed by atoms with E-state index in [0.717, 1.165) is 25.9 Å². The number of hydrogen-bond acceptors (Lipinski definition) is 4. The van der Waals surface area contributed by atoms with Crippen molar-refractivity contribution in [3.05, 3.63) is 0 Å². The molecule has 16 heavy (non-hydrogen) atoms. The molecule has 3 N–H and O–H groups in total. The summed E-state index contributed by atoms with van der Waals surface area (Å²) in [6, 6.07) is 0. The van der Waals surface area contributed by atoms with Crippen LogP contribution in [0.4, 0.5) is 0 Å². The van der Waals surface area contributed by atoms with E-state index in [1.165, 1.54) is 0 Å². The van der Waals surface area contributed by atoms with Gasteiger partial charge in [-0.15, -0.1) is 0 Å². The highest BCUT2D eigenvalue weighted by atomic mass is 16.3. The Hall–Kier alpha value is -0.650. The highest BCUT2D eigenvalue weighted by Crippen LogP contribution is 2.31. The Balaban J connectivity index is 2.01. The maximum Gasteiger partial charge on any atom is 0.228 e. The number of carbonyl (C=O) groups excluding carboxylic acids is 1. The van der Waals surface area contributed by atoms with E-state index in [0.29, 0.717) is 0 Å². The van der Waals surface area contributed by atoms with E-state index in [1.54, 1.807) is 4.90 Å². The summed E-state index contributed by atoms with van der Waals surface area (Å²) < 4.78 is 0. The number of aliphatic hydroxyl groups is 2. The van der Waals surface area contributed by atoms with E-state index in [2.05, 4.69) is 5.32 Å². The van der Waals surface area contributed by atoms with Crippen LogP contribution in [-0.4, -0.2) is 59.4 Å². The Morgan fingerprint density at radius 1 is 1.25 bits per heavy atom. The minimum atomic E-state index is -0.783. The number of likely N-dealkylation sites (tertiary alicyclic amines) is 1. The molecule has 2 aliphatic heterocycles. The quantitative estimate of drug-likeness (QED) is 0.535. The number of aliphatic hydroxyl groups excluding tert-OH is 2. The molecule has 2 rings (SSSR count). The molecule has 0 aliphatic carbocycles. The van der Waals surface area contributed by atoms with Gasteiger partial charge >= 0.3 is 0 Å². The highest BCUT2D eigenvalue weighted by molar-refractivity contribution is 5.82. The van der Waals surface area contributed by atoms with Crippen LogP contribution in [0.2, 0.25) is 0 Å². The van der Waals surface area contributed by atoms with Gasteiger partial charge < -0.3 is 20.4 Å². The molecule has 0 saturated carbocycles. The SMILES string of the molecule is CC1(C(=O)N2C[C@@H](O)[C@@H](O)C2)CCNCC1. The summed E-state index contributed by atoms with van der Waals surface area (Å²) >= 11 is 0. The van der Waals surface area contributed by atoms with E-state index in [1.807, 2.05) is 6.92 Å². The van der Waals surface area contributed by atoms with Crippen molar-refractivity contribution < 1.29 is 15.0 Å². The van der Waals surface area contributed by atoms with Crippen molar-refractivity contribution in [2.75, 3.05) is 26.2 Å². The molecular formula is C11H20N2O3. The number of amides is 1. The molecule has 2 atom stereocenters. The van der Waals surface area contributed by atoms with Crippen LogP contribution < -0.4 is 5.32 Å². The number of rotatable bonds is 1. The fraction of sp³-hybridized carbons (Fsp3) is 0.909. The van der Waals surface area contributed by atoms with Crippen molar-refractivity contribution in [3.63, 3.8) is 0 Å². The molecule has 2 fully saturated rings. The topological polar surface area (TPSA) is 72.8 Å². The maximum absolute atomic E-state index is 12.3. The van der Waals surface area contributed by atoms with Crippen molar-refractivity contribution in [2.45, 2.75) is 32.0 Å². The lowest BCUT2D eigenvalue weighted by Crippen LogP contribution is -2.47. The number of nitrogens with one attached hydrogen (secondary N) is 1. The predicted molar refractivity (Wildman–Crippen MR) is 58.8 cm³/mol. The first-order valence-electron chi connectivity index (χ1n) is 5.89. The van der Waals surface area contributed by atoms with Gasteiger partial charge in [0.1, 0.15) is 0 Å². The van der Waals surface area contributed by atoms with E-state index in [4.69, 9.17) is 0 Å². The van der Waals surface area contributed by atoms with Gasteiger partial charge in [-0.1, -0.05) is 6.92 Å². The van der Waals surface area contributed by atoms with Crippen LogP contribution in [0.15, 0.2) is 0 Å². The number of piperidine rings is 1. The summed E-state index contributed by atoms with van der Waals surface area (Å²) in [6.45, 7) is 4.24. The number of nitrogens with zero attached hydrogens (tertiary/aromatic N) is 1. The van der Waals surface area contributed by atoms with Gasteiger partial charge in [-0.3, -0.25) is 4.79 Å². The van der Waals surface area contributed by atoms with Crippen molar-refractivity contribution >= 4 is 5.91 Å². The molecule has 2 heterocycles. The molecule has 1 amide bonds. The largest absolute Gasteiger partial charge is 0.388 e. The van der Waals surface area contributed by atoms with Crippen LogP contribution in [-0.2, 0) is 4.79 Å². The molecule has 0 spiro atoms. The van der Waals surface area contributed by atoms with Gasteiger partial charge in [0.25, 0.3) is 0 Å². The average molecular weight is 228 g/mol. The monoisotopic (exact) mass is 228 g/mol. The van der Waals surface area contributed by atoms with E-state index >= 15 is 0 Å². The molecular weight excluding hydrogens is 208 g/mol. The minimum Gasteiger partial charge on any atom is -0.388 e. The molecule has 92 valence electrons. The smallest absolute Gasteiger partial charge is 0.228 e. The van der Waals surface area contributed by atoms with Crippen molar-refractivity contribution in [2.24, 2.45) is 5.41 Å². The summed E-state index contributed by atoms with van der Waals surface area (Å²) in [6.07, 6.45) is 0.0896. The lowest BCUT2D eigenvalue weighted by Gasteiger charge is -2.35. The molecule has 0 aromatic heterocycles. The molecule has 0 aromatic rings. The molecule has 0 aromatic carbocycles. The van der Waals surface area contributed by atoms with Crippen LogP contribution >= 0.6 is 0 Å². The Morgan fingerprint density at radius 3 is 2.25 bits per heavy atom. The van der Waals surface area contributed by atoms with Gasteiger partial charge in [0.15, 0.2) is 0 Å². The van der Waals surface area contributed by atoms with E-state index < -0.39 is 12.2 Å². The molecule has 0 unspecified atom stereocenters. The number of carbonyl (C=O) groups is 1. The zero-order valence-corrected chi connectivity index (χ0v) is 9.65. The predicted octanol–water partition coefficient (Wildman–Crippen LogP) is -1.06. The van der Waals surface area contributed by atoms with E-state index in [-0.39, 0.29) is 24.4 Å². The van der Waals surface area contributed by atoms with Gasteiger partial charge in [-0.05, 0) is 25.9 Å². The van der Waals surface area contributed by atoms with Crippen LogP contribution in [0, 0.1) is 5.41 Å². The van der Waals surface area contributed by atoms with Gasteiger partial charge in [-0.2, -0.15) is 0 Å². The molecule has 2 aliphatic rings. The zero-order valence-electron chi connectivity index (χ0n) is 9.65. The number of β-amino-alcohol motifs (C(OH)–C–C–N with tert-alkyl or cyclic N) is 2. The fourth-order valence-corrected chi connectivity index (χ4v) is 2.51. The molecule has 0 radical (unpaired) electrons. The first-order valence-corrected chi connectivity index (χ1v) is 5.89. The van der Waals surface area contributed by atoms with Crippen molar-refractivity contribution in [1.29, 1.82) is 0 Å². The summed E-state index contributed by atoms with van der Waals surface area (Å²) in [5.74, 6) is 0.0737. The summed E-state index contributed by atoms with van der Waals surface area (Å²) in [4.78, 5) is 13.9. The third-order valence-electron chi connectivity index (χ3n) is 3.77. The second-order valence-corrected chi connectivity index (χ2v) is 5.16. The lowest BCUT2D eigenvalue weighted by molar-refractivity contribution is -0.142. The standard InChI is InChI=1S/C11H20N2O3/c1-11(2-4-12-5-3-11)10(16)13-6-8(14)9(15)7-13/h8-9,12,14-15H,2-7H2,1H3/t8-,9+. The second-order valence-electron chi connectivity index (χ2n) is 5.16. The third kappa shape index (κ3) is 2.07. The molecule has 5 nitrogen and oxygen atoms in total. The van der Waals surface area contributed by atoms with Crippen LogP contribution in [0.3, 0.4) is 0 Å². The Labute approximate surface area is 95.4 Å². The van der Waals surface area contributed by atoms with Gasteiger partial charge in [-0.25, -0.2) is 0 Å². The number of hydrogen-bond donors (Lipinski definition) is 3. The van der Waals surface area contributed by atoms with Crippen molar-refractivity contribution in [3.8, 4) is 0 Å². The van der Waals surface area contributed by atoms with Gasteiger partial charge in [0, 0.05) is 18.5 Å². The van der Waals surface area contributed by atoms with Crippen LogP contribution in [0.5, 0.6) is 0 Å². The normalized spacial score (nSPS) is 34.1. The minimum absolute atomic E-state index is 0.0737. The summed E-state index contributed by atoms with van der Waals surface area (Å²) in [7, 11) is 0. The average Bonchev–Trinajstić information content (AvgIpc) is 2.59. The Kier molecular flexibility index (Phi) is 3.19. The third-order valence-corrected chi connectivity index (χ3v) is 3.77. The molecule has 5 heteroatoms. The summed E-state index contributed by atoms with van der Waals surface area (Å²) in [5.41, 5.74) is -0.324. The Bertz CT molecular complexity index is 266. The zero-order chi connectivity index (χ0) is 11.8. The van der Waals surface area contributed by atoms with Gasteiger partial charge in [0.05, 0.1) is 12.2 Å². The van der Waals surface area contributed by atoms with Crippen LogP contribution in [0.1, 0.15) is 19.8 Å². The van der Waals surface area contributed by atoms with Crippen molar-refractivity contribution in [1.82, 2.24) is 10.2 Å². The highest BCUT2D eigenvalue weighted by Gasteiger charge is 2.42. The molecule has 0 bridgehead atoms. The second kappa shape index (κ2) is 4.31. The summed E-state index contributed by atoms with van der Waals surface area (Å²) in [5, 5.41) is 22.1. The van der Waals surface area contributed by atoms with E-state index in [9.17, 15) is 15.0 Å². The Morgan fingerprint density at radius 2 is 1.75 bits per heavy atom. The lowest BCUT2D eigenvalue weighted by atomic mass is 9.80. The maximum atomic E-state index is 12.3. The fourth-order valence-electron chi connectivity index (χ4n) is 2.51. The van der Waals surface area contributed by atoms with Gasteiger partial charge in [0.2, 0.25) is 5.91 Å². The van der Waals surface area contributed by atoms with Crippen LogP contribution in [0.25, 0.3) is 0 Å². The first kappa shape index (κ1) is 11.8. The first-order chi connectivity index (χ1) is 7.53.